The van der Waals surface area contributed by atoms with Gasteiger partial charge in [0, 0.05) is 5.56 Å². The van der Waals surface area contributed by atoms with Crippen molar-refractivity contribution >= 4 is 23.4 Å². The van der Waals surface area contributed by atoms with Crippen LogP contribution in [0.25, 0.3) is 0 Å². The highest BCUT2D eigenvalue weighted by Crippen LogP contribution is 2.15. The predicted octanol–water partition coefficient (Wildman–Crippen LogP) is 3.02. The maximum absolute atomic E-state index is 12.0. The third-order valence-corrected chi connectivity index (χ3v) is 3.08. The minimum absolute atomic E-state index is 0.0725. The molecular weight excluding hydrogens is 330 g/mol. The van der Waals surface area contributed by atoms with Crippen LogP contribution in [0, 0.1) is 0 Å². The number of alkyl halides is 2. The van der Waals surface area contributed by atoms with Gasteiger partial charge in [0.25, 0.3) is 11.8 Å². The number of halogens is 3. The molecule has 2 aromatic carbocycles. The van der Waals surface area contributed by atoms with Gasteiger partial charge in [-0.15, -0.1) is 0 Å². The van der Waals surface area contributed by atoms with Crippen molar-refractivity contribution in [2.75, 3.05) is 0 Å². The van der Waals surface area contributed by atoms with Gasteiger partial charge in [-0.2, -0.15) is 8.78 Å². The number of amides is 2. The summed E-state index contributed by atoms with van der Waals surface area (Å²) in [5, 5.41) is 0.243. The van der Waals surface area contributed by atoms with Gasteiger partial charge in [0.2, 0.25) is 0 Å². The van der Waals surface area contributed by atoms with E-state index in [4.69, 9.17) is 11.6 Å². The van der Waals surface area contributed by atoms with Gasteiger partial charge in [-0.05, 0) is 36.4 Å². The second kappa shape index (κ2) is 7.55. The molecule has 5 nitrogen and oxygen atoms in total. The van der Waals surface area contributed by atoms with Crippen LogP contribution in [0.3, 0.4) is 0 Å². The van der Waals surface area contributed by atoms with E-state index >= 15 is 0 Å². The number of carbonyl (C=O) groups is 2. The van der Waals surface area contributed by atoms with Crippen molar-refractivity contribution in [2.45, 2.75) is 6.61 Å². The molecule has 0 fully saturated rings. The van der Waals surface area contributed by atoms with Gasteiger partial charge < -0.3 is 4.74 Å². The average molecular weight is 341 g/mol. The maximum atomic E-state index is 12.0. The van der Waals surface area contributed by atoms with E-state index in [0.717, 1.165) is 0 Å². The van der Waals surface area contributed by atoms with E-state index in [1.54, 1.807) is 18.2 Å². The molecule has 0 aliphatic heterocycles. The van der Waals surface area contributed by atoms with E-state index in [9.17, 15) is 18.4 Å². The maximum Gasteiger partial charge on any atom is 0.387 e. The van der Waals surface area contributed by atoms with Crippen LogP contribution < -0.4 is 15.6 Å². The zero-order valence-electron chi connectivity index (χ0n) is 11.6. The Kier molecular flexibility index (Phi) is 5.48. The van der Waals surface area contributed by atoms with Crippen LogP contribution >= 0.6 is 11.6 Å². The Hall–Kier alpha value is -2.67. The van der Waals surface area contributed by atoms with Crippen molar-refractivity contribution in [1.29, 1.82) is 0 Å². The fraction of sp³-hybridized carbons (Fsp3) is 0.0667. The summed E-state index contributed by atoms with van der Waals surface area (Å²) >= 11 is 5.86. The van der Waals surface area contributed by atoms with E-state index in [1.807, 2.05) is 0 Å². The molecule has 2 amide bonds. The van der Waals surface area contributed by atoms with E-state index < -0.39 is 18.4 Å². The monoisotopic (exact) mass is 340 g/mol. The molecule has 8 heteroatoms. The molecule has 2 N–H and O–H groups in total. The third kappa shape index (κ3) is 4.65. The molecule has 23 heavy (non-hydrogen) atoms. The molecule has 2 rings (SSSR count). The zero-order valence-corrected chi connectivity index (χ0v) is 12.3. The van der Waals surface area contributed by atoms with Crippen molar-refractivity contribution < 1.29 is 23.1 Å². The largest absolute Gasteiger partial charge is 0.435 e. The summed E-state index contributed by atoms with van der Waals surface area (Å²) in [6.45, 7) is -2.94. The molecule has 0 radical (unpaired) electrons. The minimum Gasteiger partial charge on any atom is -0.435 e. The Balaban J connectivity index is 1.94. The number of hydrazine groups is 1. The molecule has 0 heterocycles. The molecular formula is C15H11ClF2N2O3. The number of hydrogen-bond donors (Lipinski definition) is 2. The second-order valence-electron chi connectivity index (χ2n) is 4.29. The van der Waals surface area contributed by atoms with Crippen LogP contribution in [0.4, 0.5) is 8.78 Å². The number of benzene rings is 2. The normalized spacial score (nSPS) is 10.3. The quantitative estimate of drug-likeness (QED) is 0.841. The van der Waals surface area contributed by atoms with Gasteiger partial charge in [0.1, 0.15) is 5.75 Å². The van der Waals surface area contributed by atoms with Gasteiger partial charge in [-0.3, -0.25) is 20.4 Å². The van der Waals surface area contributed by atoms with Crippen LogP contribution in [0.5, 0.6) is 5.75 Å². The Morgan fingerprint density at radius 3 is 2.17 bits per heavy atom. The van der Waals surface area contributed by atoms with Crippen molar-refractivity contribution in [3.63, 3.8) is 0 Å². The van der Waals surface area contributed by atoms with Gasteiger partial charge in [-0.1, -0.05) is 23.7 Å². The number of carbonyl (C=O) groups excluding carboxylic acids is 2. The number of hydrogen-bond acceptors (Lipinski definition) is 3. The molecule has 0 aromatic heterocycles. The first-order chi connectivity index (χ1) is 11.0. The molecule has 0 atom stereocenters. The van der Waals surface area contributed by atoms with Crippen molar-refractivity contribution in [1.82, 2.24) is 10.9 Å². The van der Waals surface area contributed by atoms with Crippen LogP contribution in [-0.4, -0.2) is 18.4 Å². The number of rotatable bonds is 4. The topological polar surface area (TPSA) is 67.4 Å². The van der Waals surface area contributed by atoms with Crippen molar-refractivity contribution in [3.8, 4) is 5.75 Å². The predicted molar refractivity (Wildman–Crippen MR) is 79.5 cm³/mol. The second-order valence-corrected chi connectivity index (χ2v) is 4.70. The lowest BCUT2D eigenvalue weighted by atomic mass is 10.2. The first-order valence-electron chi connectivity index (χ1n) is 6.37. The van der Waals surface area contributed by atoms with Gasteiger partial charge in [0.05, 0.1) is 10.6 Å². The molecule has 0 saturated heterocycles. The average Bonchev–Trinajstić information content (AvgIpc) is 2.53. The van der Waals surface area contributed by atoms with Gasteiger partial charge in [0.15, 0.2) is 0 Å². The highest BCUT2D eigenvalue weighted by atomic mass is 35.5. The van der Waals surface area contributed by atoms with Crippen LogP contribution in [0.15, 0.2) is 48.5 Å². The van der Waals surface area contributed by atoms with Crippen LogP contribution in [-0.2, 0) is 0 Å². The summed E-state index contributed by atoms with van der Waals surface area (Å²) in [6.07, 6.45) is 0. The van der Waals surface area contributed by atoms with Crippen LogP contribution in [0.2, 0.25) is 5.02 Å². The van der Waals surface area contributed by atoms with Crippen molar-refractivity contribution in [2.24, 2.45) is 0 Å². The standard InChI is InChI=1S/C15H11ClF2N2O3/c16-12-4-2-1-3-11(12)14(22)20-19-13(21)9-5-7-10(8-6-9)23-15(17)18/h1-8,15H,(H,19,21)(H,20,22). The Morgan fingerprint density at radius 1 is 0.957 bits per heavy atom. The summed E-state index contributed by atoms with van der Waals surface area (Å²) < 4.78 is 28.2. The van der Waals surface area contributed by atoms with E-state index in [0.29, 0.717) is 0 Å². The minimum atomic E-state index is -2.94. The highest BCUT2D eigenvalue weighted by molar-refractivity contribution is 6.33. The lowest BCUT2D eigenvalue weighted by Crippen LogP contribution is -2.41. The SMILES string of the molecule is O=C(NNC(=O)c1ccccc1Cl)c1ccc(OC(F)F)cc1. The summed E-state index contributed by atoms with van der Waals surface area (Å²) in [5.41, 5.74) is 4.77. The molecule has 0 spiro atoms. The Labute approximate surface area is 135 Å². The molecule has 0 aliphatic carbocycles. The zero-order chi connectivity index (χ0) is 16.8. The molecule has 0 saturated carbocycles. The number of nitrogens with one attached hydrogen (secondary N) is 2. The van der Waals surface area contributed by atoms with E-state index in [-0.39, 0.29) is 21.9 Å². The van der Waals surface area contributed by atoms with E-state index in [1.165, 1.54) is 30.3 Å². The smallest absolute Gasteiger partial charge is 0.387 e. The molecule has 0 aliphatic rings. The summed E-state index contributed by atoms with van der Waals surface area (Å²) in [7, 11) is 0. The highest BCUT2D eigenvalue weighted by Gasteiger charge is 2.12. The fourth-order valence-electron chi connectivity index (χ4n) is 1.69. The third-order valence-electron chi connectivity index (χ3n) is 2.75. The molecule has 120 valence electrons. The first kappa shape index (κ1) is 16.7. The lowest BCUT2D eigenvalue weighted by Gasteiger charge is -2.09. The van der Waals surface area contributed by atoms with Crippen molar-refractivity contribution in [3.05, 3.63) is 64.7 Å². The summed E-state index contributed by atoms with van der Waals surface area (Å²) in [4.78, 5) is 23.7. The van der Waals surface area contributed by atoms with Crippen LogP contribution in [0.1, 0.15) is 20.7 Å². The van der Waals surface area contributed by atoms with E-state index in [2.05, 4.69) is 15.6 Å². The lowest BCUT2D eigenvalue weighted by molar-refractivity contribution is -0.0498. The molecule has 0 unspecified atom stereocenters. The fourth-order valence-corrected chi connectivity index (χ4v) is 1.91. The summed E-state index contributed by atoms with van der Waals surface area (Å²) in [6, 6.07) is 11.3. The summed E-state index contributed by atoms with van der Waals surface area (Å²) in [5.74, 6) is -1.27. The molecule has 0 bridgehead atoms. The van der Waals surface area contributed by atoms with Gasteiger partial charge >= 0.3 is 6.61 Å². The Bertz CT molecular complexity index is 708. The van der Waals surface area contributed by atoms with Gasteiger partial charge in [-0.25, -0.2) is 0 Å². The molecule has 2 aromatic rings. The number of ether oxygens (including phenoxy) is 1. The first-order valence-corrected chi connectivity index (χ1v) is 6.75. The Morgan fingerprint density at radius 2 is 1.57 bits per heavy atom.